The third-order valence-corrected chi connectivity index (χ3v) is 6.29. The molecule has 2 atom stereocenters. The summed E-state index contributed by atoms with van der Waals surface area (Å²) >= 11 is 0. The quantitative estimate of drug-likeness (QED) is 0.474. The second kappa shape index (κ2) is 9.63. The zero-order chi connectivity index (χ0) is 22.7. The summed E-state index contributed by atoms with van der Waals surface area (Å²) < 4.78 is 11.6. The lowest BCUT2D eigenvalue weighted by Gasteiger charge is -2.30. The molecule has 0 bridgehead atoms. The van der Waals surface area contributed by atoms with Crippen LogP contribution in [0.1, 0.15) is 36.7 Å². The van der Waals surface area contributed by atoms with Crippen molar-refractivity contribution in [2.45, 2.75) is 32.4 Å². The van der Waals surface area contributed by atoms with E-state index in [1.54, 1.807) is 7.11 Å². The molecule has 0 aliphatic carbocycles. The Bertz CT molecular complexity index is 1090. The van der Waals surface area contributed by atoms with Gasteiger partial charge in [-0.1, -0.05) is 38.1 Å². The molecule has 4 rings (SSSR count). The molecule has 0 amide bonds. The first-order valence-electron chi connectivity index (χ1n) is 11.2. The Morgan fingerprint density at radius 1 is 1.16 bits per heavy atom. The number of rotatable bonds is 9. The van der Waals surface area contributed by atoms with Gasteiger partial charge in [-0.25, -0.2) is 0 Å². The molecule has 0 fully saturated rings. The highest BCUT2D eigenvalue weighted by Crippen LogP contribution is 2.38. The summed E-state index contributed by atoms with van der Waals surface area (Å²) in [6.45, 7) is 7.67. The molecule has 2 aromatic carbocycles. The van der Waals surface area contributed by atoms with Crippen LogP contribution in [0.3, 0.4) is 0 Å². The number of hydrogen-bond donors (Lipinski definition) is 3. The van der Waals surface area contributed by atoms with E-state index in [1.165, 1.54) is 0 Å². The molecule has 1 aromatic heterocycles. The van der Waals surface area contributed by atoms with Crippen LogP contribution in [-0.4, -0.2) is 60.4 Å². The van der Waals surface area contributed by atoms with Gasteiger partial charge in [0.15, 0.2) is 11.5 Å². The number of para-hydroxylation sites is 1. The van der Waals surface area contributed by atoms with E-state index in [0.29, 0.717) is 24.5 Å². The average molecular weight is 438 g/mol. The number of carboxylic acid groups (broad SMARTS) is 1. The molecule has 0 spiro atoms. The molecule has 3 N–H and O–H groups in total. The van der Waals surface area contributed by atoms with Gasteiger partial charge in [-0.15, -0.1) is 0 Å². The number of aromatic amines is 1. The van der Waals surface area contributed by atoms with Crippen LogP contribution < -0.4 is 14.8 Å². The fourth-order valence-electron chi connectivity index (χ4n) is 4.46. The first-order chi connectivity index (χ1) is 15.5. The first-order valence-corrected chi connectivity index (χ1v) is 11.2. The third kappa shape index (κ3) is 4.31. The van der Waals surface area contributed by atoms with E-state index in [4.69, 9.17) is 9.47 Å². The van der Waals surface area contributed by atoms with E-state index < -0.39 is 12.0 Å². The maximum atomic E-state index is 11.9. The summed E-state index contributed by atoms with van der Waals surface area (Å²) in [5, 5.41) is 14.1. The highest BCUT2D eigenvalue weighted by molar-refractivity contribution is 5.87. The van der Waals surface area contributed by atoms with Crippen molar-refractivity contribution in [3.05, 3.63) is 59.3 Å². The van der Waals surface area contributed by atoms with Gasteiger partial charge in [-0.3, -0.25) is 10.1 Å². The number of aliphatic carboxylic acids is 1. The standard InChI is InChI=1S/C25H31N3O4/c1-4-28(5-2)12-13-32-21-11-10-16(14-22(21)31-3)23-24-18(15-20(27-23)25(29)30)17-8-6-7-9-19(17)26-24/h6-11,14,20,23,26-27H,4-5,12-13,15H2,1-3H3,(H,29,30). The normalized spacial score (nSPS) is 18.0. The Balaban J connectivity index is 1.64. The van der Waals surface area contributed by atoms with Gasteiger partial charge >= 0.3 is 5.97 Å². The van der Waals surface area contributed by atoms with Crippen molar-refractivity contribution < 1.29 is 19.4 Å². The number of likely N-dealkylation sites (N-methyl/N-ethyl adjacent to an activating group) is 1. The van der Waals surface area contributed by atoms with Gasteiger partial charge in [0, 0.05) is 29.6 Å². The summed E-state index contributed by atoms with van der Waals surface area (Å²) in [7, 11) is 1.62. The van der Waals surface area contributed by atoms with E-state index in [2.05, 4.69) is 29.0 Å². The summed E-state index contributed by atoms with van der Waals surface area (Å²) in [5.41, 5.74) is 3.99. The van der Waals surface area contributed by atoms with Crippen LogP contribution in [0.2, 0.25) is 0 Å². The average Bonchev–Trinajstić information content (AvgIpc) is 3.20. The SMILES string of the molecule is CCN(CC)CCOc1ccc(C2NC(C(=O)O)Cc3c2[nH]c2ccccc32)cc1OC. The Labute approximate surface area is 188 Å². The van der Waals surface area contributed by atoms with Crippen molar-refractivity contribution in [1.29, 1.82) is 0 Å². The number of H-pyrrole nitrogens is 1. The Morgan fingerprint density at radius 3 is 2.66 bits per heavy atom. The molecule has 0 radical (unpaired) electrons. The number of ether oxygens (including phenoxy) is 2. The Hall–Kier alpha value is -3.03. The molecule has 32 heavy (non-hydrogen) atoms. The van der Waals surface area contributed by atoms with Crippen LogP contribution in [0, 0.1) is 0 Å². The van der Waals surface area contributed by atoms with Crippen LogP contribution in [0.25, 0.3) is 10.9 Å². The monoisotopic (exact) mass is 437 g/mol. The number of fused-ring (bicyclic) bond motifs is 3. The number of carbonyl (C=O) groups is 1. The molecular weight excluding hydrogens is 406 g/mol. The predicted molar refractivity (Wildman–Crippen MR) is 125 cm³/mol. The van der Waals surface area contributed by atoms with E-state index in [0.717, 1.165) is 47.4 Å². The van der Waals surface area contributed by atoms with E-state index in [1.807, 2.05) is 42.5 Å². The van der Waals surface area contributed by atoms with Crippen LogP contribution in [0.5, 0.6) is 11.5 Å². The van der Waals surface area contributed by atoms with E-state index in [9.17, 15) is 9.90 Å². The van der Waals surface area contributed by atoms with Crippen molar-refractivity contribution in [2.24, 2.45) is 0 Å². The van der Waals surface area contributed by atoms with Crippen molar-refractivity contribution in [3.8, 4) is 11.5 Å². The first kappa shape index (κ1) is 22.2. The van der Waals surface area contributed by atoms with Crippen LogP contribution in [0.15, 0.2) is 42.5 Å². The highest BCUT2D eigenvalue weighted by atomic mass is 16.5. The Morgan fingerprint density at radius 2 is 1.94 bits per heavy atom. The predicted octanol–water partition coefficient (Wildman–Crippen LogP) is 3.59. The maximum absolute atomic E-state index is 11.9. The molecule has 1 aliphatic rings. The van der Waals surface area contributed by atoms with Gasteiger partial charge in [0.05, 0.1) is 13.2 Å². The molecule has 3 aromatic rings. The molecule has 170 valence electrons. The van der Waals surface area contributed by atoms with Gasteiger partial charge < -0.3 is 24.5 Å². The number of nitrogens with zero attached hydrogens (tertiary/aromatic N) is 1. The number of methoxy groups -OCH3 is 1. The topological polar surface area (TPSA) is 86.8 Å². The second-order valence-electron chi connectivity index (χ2n) is 8.04. The number of nitrogens with one attached hydrogen (secondary N) is 2. The van der Waals surface area contributed by atoms with Crippen molar-refractivity contribution in [3.63, 3.8) is 0 Å². The summed E-state index contributed by atoms with van der Waals surface area (Å²) in [4.78, 5) is 17.7. The summed E-state index contributed by atoms with van der Waals surface area (Å²) in [6.07, 6.45) is 0.439. The van der Waals surface area contributed by atoms with E-state index >= 15 is 0 Å². The second-order valence-corrected chi connectivity index (χ2v) is 8.04. The van der Waals surface area contributed by atoms with Gasteiger partial charge in [0.1, 0.15) is 12.6 Å². The molecule has 1 aliphatic heterocycles. The van der Waals surface area contributed by atoms with Crippen molar-refractivity contribution >= 4 is 16.9 Å². The summed E-state index contributed by atoms with van der Waals surface area (Å²) in [5.74, 6) is 0.471. The molecule has 7 nitrogen and oxygen atoms in total. The number of benzene rings is 2. The van der Waals surface area contributed by atoms with Crippen LogP contribution in [-0.2, 0) is 11.2 Å². The number of carboxylic acids is 1. The lowest BCUT2D eigenvalue weighted by Crippen LogP contribution is -2.44. The Kier molecular flexibility index (Phi) is 6.67. The minimum absolute atomic E-state index is 0.286. The fourth-order valence-corrected chi connectivity index (χ4v) is 4.46. The van der Waals surface area contributed by atoms with Crippen molar-refractivity contribution in [2.75, 3.05) is 33.4 Å². The van der Waals surface area contributed by atoms with Crippen molar-refractivity contribution in [1.82, 2.24) is 15.2 Å². The maximum Gasteiger partial charge on any atom is 0.321 e. The highest BCUT2D eigenvalue weighted by Gasteiger charge is 2.34. The fraction of sp³-hybridized carbons (Fsp3) is 0.400. The lowest BCUT2D eigenvalue weighted by molar-refractivity contribution is -0.139. The molecule has 0 saturated heterocycles. The van der Waals surface area contributed by atoms with Gasteiger partial charge in [-0.05, 0) is 42.4 Å². The number of hydrogen-bond acceptors (Lipinski definition) is 5. The number of aromatic nitrogens is 1. The third-order valence-electron chi connectivity index (χ3n) is 6.29. The molecule has 7 heteroatoms. The smallest absolute Gasteiger partial charge is 0.321 e. The molecule has 2 unspecified atom stereocenters. The van der Waals surface area contributed by atoms with Crippen LogP contribution in [0.4, 0.5) is 0 Å². The molecule has 0 saturated carbocycles. The molecule has 2 heterocycles. The minimum Gasteiger partial charge on any atom is -0.493 e. The lowest BCUT2D eigenvalue weighted by atomic mass is 9.90. The minimum atomic E-state index is -0.853. The largest absolute Gasteiger partial charge is 0.493 e. The molecular formula is C25H31N3O4. The van der Waals surface area contributed by atoms with Gasteiger partial charge in [-0.2, -0.15) is 0 Å². The zero-order valence-electron chi connectivity index (χ0n) is 18.9. The van der Waals surface area contributed by atoms with Crippen LogP contribution >= 0.6 is 0 Å². The summed E-state index contributed by atoms with van der Waals surface area (Å²) in [6, 6.07) is 12.9. The van der Waals surface area contributed by atoms with E-state index in [-0.39, 0.29) is 6.04 Å². The van der Waals surface area contributed by atoms with Gasteiger partial charge in [0.25, 0.3) is 0 Å². The van der Waals surface area contributed by atoms with Gasteiger partial charge in [0.2, 0.25) is 0 Å². The zero-order valence-corrected chi connectivity index (χ0v) is 18.9.